The SMILES string of the molecule is COc1ccccc1C=C1SC(=S)N(NC(=O)c2ccc(OCc3ccccc3)cc2)C1=O. The van der Waals surface area contributed by atoms with Gasteiger partial charge < -0.3 is 9.47 Å². The molecule has 1 aliphatic rings. The highest BCUT2D eigenvalue weighted by molar-refractivity contribution is 8.26. The van der Waals surface area contributed by atoms with E-state index in [1.54, 1.807) is 37.5 Å². The molecule has 6 nitrogen and oxygen atoms in total. The number of rotatable bonds is 7. The van der Waals surface area contributed by atoms with Crippen molar-refractivity contribution in [3.63, 3.8) is 0 Å². The molecule has 33 heavy (non-hydrogen) atoms. The smallest absolute Gasteiger partial charge is 0.285 e. The second kappa shape index (κ2) is 10.3. The van der Waals surface area contributed by atoms with E-state index < -0.39 is 11.8 Å². The Morgan fingerprint density at radius 1 is 1.03 bits per heavy atom. The quantitative estimate of drug-likeness (QED) is 0.390. The summed E-state index contributed by atoms with van der Waals surface area (Å²) in [4.78, 5) is 25.9. The van der Waals surface area contributed by atoms with E-state index in [-0.39, 0.29) is 4.32 Å². The van der Waals surface area contributed by atoms with Crippen LogP contribution < -0.4 is 14.9 Å². The summed E-state index contributed by atoms with van der Waals surface area (Å²) in [5.74, 6) is 0.439. The number of hydrogen-bond donors (Lipinski definition) is 1. The number of hydrazine groups is 1. The van der Waals surface area contributed by atoms with Crippen molar-refractivity contribution >= 4 is 46.2 Å². The maximum atomic E-state index is 12.8. The van der Waals surface area contributed by atoms with Crippen LogP contribution in [0, 0.1) is 0 Å². The van der Waals surface area contributed by atoms with Crippen LogP contribution in [0.25, 0.3) is 6.08 Å². The van der Waals surface area contributed by atoms with Gasteiger partial charge in [-0.15, -0.1) is 0 Å². The Hall–Kier alpha value is -3.62. The molecule has 1 saturated heterocycles. The summed E-state index contributed by atoms with van der Waals surface area (Å²) in [6, 6.07) is 23.8. The van der Waals surface area contributed by atoms with Gasteiger partial charge in [0.1, 0.15) is 18.1 Å². The van der Waals surface area contributed by atoms with Crippen LogP contribution in [0.1, 0.15) is 21.5 Å². The first-order valence-corrected chi connectivity index (χ1v) is 11.3. The predicted octanol–water partition coefficient (Wildman–Crippen LogP) is 4.82. The van der Waals surface area contributed by atoms with Crippen LogP contribution in [-0.4, -0.2) is 28.3 Å². The first kappa shape index (κ1) is 22.6. The zero-order chi connectivity index (χ0) is 23.2. The number of thiocarbonyl (C=S) groups is 1. The molecule has 4 rings (SSSR count). The molecule has 0 radical (unpaired) electrons. The number of methoxy groups -OCH3 is 1. The van der Waals surface area contributed by atoms with Gasteiger partial charge in [-0.25, -0.2) is 0 Å². The van der Waals surface area contributed by atoms with E-state index in [1.165, 1.54) is 0 Å². The zero-order valence-electron chi connectivity index (χ0n) is 17.7. The molecule has 0 unspecified atom stereocenters. The first-order chi connectivity index (χ1) is 16.0. The van der Waals surface area contributed by atoms with Crippen LogP contribution in [0.5, 0.6) is 11.5 Å². The van der Waals surface area contributed by atoms with Crippen LogP contribution in [0.15, 0.2) is 83.8 Å². The topological polar surface area (TPSA) is 67.9 Å². The van der Waals surface area contributed by atoms with Gasteiger partial charge in [-0.2, -0.15) is 5.01 Å². The lowest BCUT2D eigenvalue weighted by atomic mass is 10.2. The van der Waals surface area contributed by atoms with Crippen LogP contribution in [0.4, 0.5) is 0 Å². The third kappa shape index (κ3) is 5.42. The van der Waals surface area contributed by atoms with Crippen LogP contribution in [0.2, 0.25) is 0 Å². The van der Waals surface area contributed by atoms with Gasteiger partial charge in [-0.1, -0.05) is 60.3 Å². The molecular weight excluding hydrogens is 456 g/mol. The molecule has 2 amide bonds. The van der Waals surface area contributed by atoms with E-state index >= 15 is 0 Å². The summed E-state index contributed by atoms with van der Waals surface area (Å²) in [6.45, 7) is 0.432. The lowest BCUT2D eigenvalue weighted by Gasteiger charge is -2.16. The minimum Gasteiger partial charge on any atom is -0.496 e. The number of benzene rings is 3. The maximum Gasteiger partial charge on any atom is 0.285 e. The van der Waals surface area contributed by atoms with E-state index in [1.807, 2.05) is 54.6 Å². The molecule has 3 aromatic rings. The van der Waals surface area contributed by atoms with Gasteiger partial charge in [-0.3, -0.25) is 15.0 Å². The first-order valence-electron chi connectivity index (χ1n) is 10.0. The van der Waals surface area contributed by atoms with Gasteiger partial charge in [0.25, 0.3) is 11.8 Å². The Bertz CT molecular complexity index is 1210. The van der Waals surface area contributed by atoms with Crippen LogP contribution in [0.3, 0.4) is 0 Å². The summed E-state index contributed by atoms with van der Waals surface area (Å²) in [5, 5.41) is 1.09. The summed E-state index contributed by atoms with van der Waals surface area (Å²) in [6.07, 6.45) is 1.70. The number of para-hydroxylation sites is 1. The molecule has 1 heterocycles. The molecule has 166 valence electrons. The van der Waals surface area contributed by atoms with Gasteiger partial charge in [0.05, 0.1) is 12.0 Å². The summed E-state index contributed by atoms with van der Waals surface area (Å²) in [7, 11) is 1.57. The number of nitrogens with one attached hydrogen (secondary N) is 1. The predicted molar refractivity (Wildman–Crippen MR) is 133 cm³/mol. The van der Waals surface area contributed by atoms with Gasteiger partial charge >= 0.3 is 0 Å². The van der Waals surface area contributed by atoms with Crippen molar-refractivity contribution in [2.75, 3.05) is 7.11 Å². The average molecular weight is 477 g/mol. The van der Waals surface area contributed by atoms with E-state index in [0.717, 1.165) is 27.9 Å². The lowest BCUT2D eigenvalue weighted by Crippen LogP contribution is -2.44. The Morgan fingerprint density at radius 3 is 2.45 bits per heavy atom. The van der Waals surface area contributed by atoms with E-state index in [0.29, 0.717) is 28.6 Å². The second-order valence-electron chi connectivity index (χ2n) is 7.00. The number of carbonyl (C=O) groups excluding carboxylic acids is 2. The van der Waals surface area contributed by atoms with Crippen molar-refractivity contribution in [1.82, 2.24) is 10.4 Å². The van der Waals surface area contributed by atoms with E-state index in [9.17, 15) is 9.59 Å². The number of thioether (sulfide) groups is 1. The number of ether oxygens (including phenoxy) is 2. The van der Waals surface area contributed by atoms with E-state index in [2.05, 4.69) is 5.43 Å². The summed E-state index contributed by atoms with van der Waals surface area (Å²) < 4.78 is 11.3. The van der Waals surface area contributed by atoms with Crippen molar-refractivity contribution in [3.8, 4) is 11.5 Å². The van der Waals surface area contributed by atoms with Gasteiger partial charge in [0.15, 0.2) is 4.32 Å². The second-order valence-corrected chi connectivity index (χ2v) is 8.67. The number of amides is 2. The monoisotopic (exact) mass is 476 g/mol. The summed E-state index contributed by atoms with van der Waals surface area (Å²) >= 11 is 6.42. The third-order valence-electron chi connectivity index (χ3n) is 4.80. The number of nitrogens with zero attached hydrogens (tertiary/aromatic N) is 1. The standard InChI is InChI=1S/C25H20N2O4S2/c1-30-21-10-6-5-9-19(21)15-22-24(29)27(25(32)33-22)26-23(28)18-11-13-20(14-12-18)31-16-17-7-3-2-4-8-17/h2-15H,16H2,1H3,(H,26,28). The lowest BCUT2D eigenvalue weighted by molar-refractivity contribution is -0.123. The Balaban J connectivity index is 1.40. The van der Waals surface area contributed by atoms with Crippen molar-refractivity contribution in [3.05, 3.63) is 100 Å². The minimum absolute atomic E-state index is 0.248. The molecule has 0 bridgehead atoms. The molecule has 0 atom stereocenters. The average Bonchev–Trinajstić information content (AvgIpc) is 3.11. The molecule has 8 heteroatoms. The largest absolute Gasteiger partial charge is 0.496 e. The Labute approximate surface area is 201 Å². The molecule has 1 N–H and O–H groups in total. The fourth-order valence-electron chi connectivity index (χ4n) is 3.10. The molecule has 0 aliphatic carbocycles. The third-order valence-corrected chi connectivity index (χ3v) is 6.10. The number of hydrogen-bond acceptors (Lipinski definition) is 6. The highest BCUT2D eigenvalue weighted by Crippen LogP contribution is 2.33. The van der Waals surface area contributed by atoms with Crippen molar-refractivity contribution in [2.24, 2.45) is 0 Å². The maximum absolute atomic E-state index is 12.8. The highest BCUT2D eigenvalue weighted by atomic mass is 32.2. The molecule has 0 spiro atoms. The van der Waals surface area contributed by atoms with Gasteiger partial charge in [0.2, 0.25) is 0 Å². The van der Waals surface area contributed by atoms with Crippen LogP contribution >= 0.6 is 24.0 Å². The molecule has 0 saturated carbocycles. The molecule has 1 aliphatic heterocycles. The van der Waals surface area contributed by atoms with Gasteiger partial charge in [-0.05, 0) is 54.2 Å². The van der Waals surface area contributed by atoms with Crippen molar-refractivity contribution in [1.29, 1.82) is 0 Å². The fraction of sp³-hybridized carbons (Fsp3) is 0.0800. The minimum atomic E-state index is -0.445. The summed E-state index contributed by atoms with van der Waals surface area (Å²) in [5.41, 5.74) is 4.76. The van der Waals surface area contributed by atoms with Crippen molar-refractivity contribution < 1.29 is 19.1 Å². The molecule has 0 aromatic heterocycles. The Kier molecular flexibility index (Phi) is 7.07. The molecular formula is C25H20N2O4S2. The fourth-order valence-corrected chi connectivity index (χ4v) is 4.27. The molecule has 3 aromatic carbocycles. The van der Waals surface area contributed by atoms with Crippen LogP contribution in [-0.2, 0) is 11.4 Å². The Morgan fingerprint density at radius 2 is 1.73 bits per heavy atom. The highest BCUT2D eigenvalue weighted by Gasteiger charge is 2.34. The molecule has 1 fully saturated rings. The zero-order valence-corrected chi connectivity index (χ0v) is 19.3. The normalized spacial score (nSPS) is 14.5. The number of carbonyl (C=O) groups is 2. The van der Waals surface area contributed by atoms with E-state index in [4.69, 9.17) is 21.7 Å². The van der Waals surface area contributed by atoms with Gasteiger partial charge in [0, 0.05) is 11.1 Å². The van der Waals surface area contributed by atoms with Crippen molar-refractivity contribution in [2.45, 2.75) is 6.61 Å².